The Hall–Kier alpha value is -0.590. The molecule has 0 atom stereocenters. The van der Waals surface area contributed by atoms with E-state index in [2.05, 4.69) is 10.3 Å². The standard InChI is InChI=1S/C13H20N2O2S2/c16-5-10-1-3-11(4-2-10)15-13(17)8-18-6-12-7-19-9-14-12/h7,9-11,16H,1-6,8H2,(H,15,17). The molecule has 6 heteroatoms. The predicted molar refractivity (Wildman–Crippen MR) is 79.3 cm³/mol. The van der Waals surface area contributed by atoms with Gasteiger partial charge in [0.05, 0.1) is 17.0 Å². The van der Waals surface area contributed by atoms with Crippen molar-refractivity contribution in [3.63, 3.8) is 0 Å². The van der Waals surface area contributed by atoms with Gasteiger partial charge in [0.25, 0.3) is 0 Å². The summed E-state index contributed by atoms with van der Waals surface area (Å²) in [6, 6.07) is 0.301. The van der Waals surface area contributed by atoms with Crippen molar-refractivity contribution in [3.8, 4) is 0 Å². The van der Waals surface area contributed by atoms with Gasteiger partial charge in [-0.3, -0.25) is 4.79 Å². The van der Waals surface area contributed by atoms with E-state index in [-0.39, 0.29) is 12.5 Å². The molecule has 106 valence electrons. The summed E-state index contributed by atoms with van der Waals surface area (Å²) in [5.41, 5.74) is 2.86. The van der Waals surface area contributed by atoms with E-state index in [9.17, 15) is 4.79 Å². The van der Waals surface area contributed by atoms with Gasteiger partial charge in [0.1, 0.15) is 0 Å². The summed E-state index contributed by atoms with van der Waals surface area (Å²) < 4.78 is 0. The SMILES string of the molecule is O=C(CSCc1cscn1)NC1CCC(CO)CC1. The van der Waals surface area contributed by atoms with Gasteiger partial charge in [0, 0.05) is 23.8 Å². The molecule has 4 nitrogen and oxygen atoms in total. The average Bonchev–Trinajstić information content (AvgIpc) is 2.93. The second-order valence-corrected chi connectivity index (χ2v) is 6.64. The van der Waals surface area contributed by atoms with Crippen LogP contribution in [0, 0.1) is 5.92 Å². The molecule has 0 unspecified atom stereocenters. The maximum absolute atomic E-state index is 11.8. The molecule has 1 heterocycles. The first kappa shape index (κ1) is 14.8. The molecule has 0 bridgehead atoms. The van der Waals surface area contributed by atoms with Crippen molar-refractivity contribution in [1.29, 1.82) is 0 Å². The van der Waals surface area contributed by atoms with Crippen LogP contribution in [0.25, 0.3) is 0 Å². The van der Waals surface area contributed by atoms with Gasteiger partial charge in [-0.25, -0.2) is 4.98 Å². The lowest BCUT2D eigenvalue weighted by Crippen LogP contribution is -2.39. The third kappa shape index (κ3) is 5.12. The lowest BCUT2D eigenvalue weighted by atomic mass is 9.86. The number of carbonyl (C=O) groups is 1. The molecule has 1 aliphatic rings. The van der Waals surface area contributed by atoms with Crippen molar-refractivity contribution in [3.05, 3.63) is 16.6 Å². The number of nitrogens with one attached hydrogen (secondary N) is 1. The van der Waals surface area contributed by atoms with Crippen molar-refractivity contribution < 1.29 is 9.90 Å². The molecule has 1 aromatic rings. The molecule has 0 aromatic carbocycles. The van der Waals surface area contributed by atoms with Crippen LogP contribution < -0.4 is 5.32 Å². The number of aliphatic hydroxyl groups excluding tert-OH is 1. The third-order valence-corrected chi connectivity index (χ3v) is 5.04. The summed E-state index contributed by atoms with van der Waals surface area (Å²) in [5, 5.41) is 14.2. The van der Waals surface area contributed by atoms with E-state index in [1.165, 1.54) is 0 Å². The smallest absolute Gasteiger partial charge is 0.230 e. The lowest BCUT2D eigenvalue weighted by Gasteiger charge is -2.27. The third-order valence-electron chi connectivity index (χ3n) is 3.44. The second kappa shape index (κ2) is 7.87. The fourth-order valence-electron chi connectivity index (χ4n) is 2.32. The van der Waals surface area contributed by atoms with Crippen LogP contribution >= 0.6 is 23.1 Å². The van der Waals surface area contributed by atoms with Gasteiger partial charge < -0.3 is 10.4 Å². The number of rotatable bonds is 6. The molecule has 1 saturated carbocycles. The number of nitrogens with zero attached hydrogens (tertiary/aromatic N) is 1. The number of hydrogen-bond acceptors (Lipinski definition) is 5. The Kier molecular flexibility index (Phi) is 6.13. The first-order valence-electron chi connectivity index (χ1n) is 6.63. The zero-order valence-corrected chi connectivity index (χ0v) is 12.5. The minimum atomic E-state index is 0.118. The average molecular weight is 300 g/mol. The Bertz CT molecular complexity index is 376. The van der Waals surface area contributed by atoms with Crippen LogP contribution in [0.5, 0.6) is 0 Å². The Morgan fingerprint density at radius 1 is 1.47 bits per heavy atom. The van der Waals surface area contributed by atoms with Crippen LogP contribution in [0.3, 0.4) is 0 Å². The summed E-state index contributed by atoms with van der Waals surface area (Å²) in [4.78, 5) is 16.0. The maximum atomic E-state index is 11.8. The Morgan fingerprint density at radius 3 is 2.89 bits per heavy atom. The van der Waals surface area contributed by atoms with Gasteiger partial charge in [-0.2, -0.15) is 0 Å². The Balaban J connectivity index is 1.59. The van der Waals surface area contributed by atoms with Crippen LogP contribution in [0.4, 0.5) is 0 Å². The second-order valence-electron chi connectivity index (χ2n) is 4.94. The van der Waals surface area contributed by atoms with Gasteiger partial charge in [0.15, 0.2) is 0 Å². The normalized spacial score (nSPS) is 23.2. The monoisotopic (exact) mass is 300 g/mol. The first-order valence-corrected chi connectivity index (χ1v) is 8.72. The highest BCUT2D eigenvalue weighted by Gasteiger charge is 2.21. The first-order chi connectivity index (χ1) is 9.28. The zero-order chi connectivity index (χ0) is 13.5. The molecule has 1 fully saturated rings. The van der Waals surface area contributed by atoms with E-state index in [0.29, 0.717) is 17.7 Å². The number of thioether (sulfide) groups is 1. The number of hydrogen-bond donors (Lipinski definition) is 2. The number of thiazole rings is 1. The fraction of sp³-hybridized carbons (Fsp3) is 0.692. The molecule has 1 amide bonds. The molecule has 19 heavy (non-hydrogen) atoms. The van der Waals surface area contributed by atoms with Crippen molar-refractivity contribution in [2.75, 3.05) is 12.4 Å². The number of aromatic nitrogens is 1. The summed E-state index contributed by atoms with van der Waals surface area (Å²) in [5.74, 6) is 1.85. The summed E-state index contributed by atoms with van der Waals surface area (Å²) in [6.07, 6.45) is 4.03. The van der Waals surface area contributed by atoms with Crippen molar-refractivity contribution in [2.24, 2.45) is 5.92 Å². The van der Waals surface area contributed by atoms with Crippen LogP contribution in [-0.2, 0) is 10.5 Å². The minimum Gasteiger partial charge on any atom is -0.396 e. The number of amides is 1. The molecule has 1 aromatic heterocycles. The quantitative estimate of drug-likeness (QED) is 0.844. The molecule has 0 radical (unpaired) electrons. The molecule has 0 spiro atoms. The predicted octanol–water partition coefficient (Wildman–Crippen LogP) is 2.04. The number of carbonyl (C=O) groups excluding carboxylic acids is 1. The largest absolute Gasteiger partial charge is 0.396 e. The van der Waals surface area contributed by atoms with E-state index in [1.54, 1.807) is 23.1 Å². The highest BCUT2D eigenvalue weighted by molar-refractivity contribution is 7.99. The minimum absolute atomic E-state index is 0.118. The van der Waals surface area contributed by atoms with Crippen molar-refractivity contribution in [2.45, 2.75) is 37.5 Å². The van der Waals surface area contributed by atoms with E-state index in [0.717, 1.165) is 37.1 Å². The summed E-state index contributed by atoms with van der Waals surface area (Å²) in [7, 11) is 0. The van der Waals surface area contributed by atoms with E-state index in [4.69, 9.17) is 5.11 Å². The van der Waals surface area contributed by atoms with E-state index >= 15 is 0 Å². The summed E-state index contributed by atoms with van der Waals surface area (Å²) in [6.45, 7) is 0.282. The Labute approximate surface area is 122 Å². The highest BCUT2D eigenvalue weighted by atomic mass is 32.2. The van der Waals surface area contributed by atoms with Crippen LogP contribution in [0.2, 0.25) is 0 Å². The molecular formula is C13H20N2O2S2. The van der Waals surface area contributed by atoms with E-state index < -0.39 is 0 Å². The zero-order valence-electron chi connectivity index (χ0n) is 10.9. The van der Waals surface area contributed by atoms with Crippen LogP contribution in [0.15, 0.2) is 10.9 Å². The maximum Gasteiger partial charge on any atom is 0.230 e. The molecule has 1 aliphatic carbocycles. The Morgan fingerprint density at radius 2 is 2.26 bits per heavy atom. The lowest BCUT2D eigenvalue weighted by molar-refractivity contribution is -0.119. The molecule has 2 N–H and O–H groups in total. The van der Waals surface area contributed by atoms with Crippen LogP contribution in [0.1, 0.15) is 31.4 Å². The van der Waals surface area contributed by atoms with Crippen molar-refractivity contribution >= 4 is 29.0 Å². The van der Waals surface area contributed by atoms with Gasteiger partial charge in [-0.1, -0.05) is 0 Å². The van der Waals surface area contributed by atoms with Crippen molar-refractivity contribution in [1.82, 2.24) is 10.3 Å². The molecular weight excluding hydrogens is 280 g/mol. The number of aliphatic hydroxyl groups is 1. The molecule has 2 rings (SSSR count). The van der Waals surface area contributed by atoms with Gasteiger partial charge in [0.2, 0.25) is 5.91 Å². The topological polar surface area (TPSA) is 62.2 Å². The van der Waals surface area contributed by atoms with Crippen LogP contribution in [-0.4, -0.2) is 34.4 Å². The fourth-order valence-corrected chi connectivity index (χ4v) is 3.72. The van der Waals surface area contributed by atoms with Gasteiger partial charge in [-0.05, 0) is 31.6 Å². The van der Waals surface area contributed by atoms with Gasteiger partial charge in [-0.15, -0.1) is 23.1 Å². The summed E-state index contributed by atoms with van der Waals surface area (Å²) >= 11 is 3.19. The van der Waals surface area contributed by atoms with Gasteiger partial charge >= 0.3 is 0 Å². The molecule has 0 aliphatic heterocycles. The van der Waals surface area contributed by atoms with E-state index in [1.807, 2.05) is 10.9 Å². The highest BCUT2D eigenvalue weighted by Crippen LogP contribution is 2.23. The molecule has 0 saturated heterocycles.